The van der Waals surface area contributed by atoms with Crippen molar-refractivity contribution in [1.82, 2.24) is 9.88 Å². The molecule has 1 saturated heterocycles. The van der Waals surface area contributed by atoms with Crippen molar-refractivity contribution in [3.05, 3.63) is 50.5 Å². The number of thioether (sulfide) groups is 1. The van der Waals surface area contributed by atoms with E-state index in [0.717, 1.165) is 36.5 Å². The van der Waals surface area contributed by atoms with Crippen LogP contribution < -0.4 is 4.74 Å². The van der Waals surface area contributed by atoms with E-state index in [2.05, 4.69) is 4.98 Å². The van der Waals surface area contributed by atoms with Crippen molar-refractivity contribution in [3.63, 3.8) is 0 Å². The molecule has 2 aromatic rings. The Morgan fingerprint density at radius 2 is 2.37 bits per heavy atom. The Labute approximate surface area is 165 Å². The molecule has 9 heteroatoms. The summed E-state index contributed by atoms with van der Waals surface area (Å²) in [6.07, 6.45) is 3.87. The standard InChI is InChI=1S/C18H21N3O4S2/c1-25-16-5-4-13(9-15(16)21(23)24)11-26-12-17(22)20-7-2-3-14(10-20)18-19-6-8-27-18/h4-6,8-9,14H,2-3,7,10-12H2,1H3. The number of nitro benzene ring substituents is 1. The Bertz CT molecular complexity index is 798. The highest BCUT2D eigenvalue weighted by molar-refractivity contribution is 7.99. The molecule has 2 heterocycles. The van der Waals surface area contributed by atoms with Gasteiger partial charge in [0, 0.05) is 42.4 Å². The van der Waals surface area contributed by atoms with Crippen LogP contribution in [0.2, 0.25) is 0 Å². The number of hydrogen-bond donors (Lipinski definition) is 0. The van der Waals surface area contributed by atoms with Gasteiger partial charge in [0.15, 0.2) is 5.75 Å². The Balaban J connectivity index is 1.52. The first kappa shape index (κ1) is 19.6. The van der Waals surface area contributed by atoms with E-state index in [1.54, 1.807) is 23.5 Å². The zero-order valence-electron chi connectivity index (χ0n) is 15.0. The van der Waals surface area contributed by atoms with Crippen molar-refractivity contribution in [2.45, 2.75) is 24.5 Å². The largest absolute Gasteiger partial charge is 0.490 e. The second-order valence-electron chi connectivity index (χ2n) is 6.31. The van der Waals surface area contributed by atoms with Crippen LogP contribution in [0, 0.1) is 10.1 Å². The van der Waals surface area contributed by atoms with Crippen LogP contribution in [0.3, 0.4) is 0 Å². The lowest BCUT2D eigenvalue weighted by Crippen LogP contribution is -2.40. The number of carbonyl (C=O) groups is 1. The highest BCUT2D eigenvalue weighted by Crippen LogP contribution is 2.30. The predicted octanol–water partition coefficient (Wildman–Crippen LogP) is 3.70. The topological polar surface area (TPSA) is 85.6 Å². The summed E-state index contributed by atoms with van der Waals surface area (Å²) < 4.78 is 5.01. The third kappa shape index (κ3) is 4.98. The summed E-state index contributed by atoms with van der Waals surface area (Å²) in [5.74, 6) is 1.60. The number of likely N-dealkylation sites (tertiary alicyclic amines) is 1. The Morgan fingerprint density at radius 3 is 3.07 bits per heavy atom. The highest BCUT2D eigenvalue weighted by atomic mass is 32.2. The number of amides is 1. The SMILES string of the molecule is COc1ccc(CSCC(=O)N2CCCC(c3nccs3)C2)cc1[N+](=O)[O-]. The molecule has 7 nitrogen and oxygen atoms in total. The van der Waals surface area contributed by atoms with Crippen LogP contribution in [0.25, 0.3) is 0 Å². The fraction of sp³-hybridized carbons (Fsp3) is 0.444. The minimum Gasteiger partial charge on any atom is -0.490 e. The lowest BCUT2D eigenvalue weighted by atomic mass is 9.99. The average molecular weight is 408 g/mol. The number of nitrogens with zero attached hydrogens (tertiary/aromatic N) is 3. The van der Waals surface area contributed by atoms with E-state index in [9.17, 15) is 14.9 Å². The fourth-order valence-electron chi connectivity index (χ4n) is 3.16. The molecule has 3 rings (SSSR count). The molecule has 0 radical (unpaired) electrons. The summed E-state index contributed by atoms with van der Waals surface area (Å²) in [7, 11) is 1.41. The number of benzene rings is 1. The van der Waals surface area contributed by atoms with Crippen LogP contribution >= 0.6 is 23.1 Å². The lowest BCUT2D eigenvalue weighted by Gasteiger charge is -2.31. The molecule has 1 aromatic carbocycles. The van der Waals surface area contributed by atoms with Gasteiger partial charge in [0.05, 0.1) is 22.8 Å². The van der Waals surface area contributed by atoms with Gasteiger partial charge in [-0.3, -0.25) is 14.9 Å². The number of methoxy groups -OCH3 is 1. The zero-order valence-corrected chi connectivity index (χ0v) is 16.6. The van der Waals surface area contributed by atoms with E-state index in [1.165, 1.54) is 24.9 Å². The highest BCUT2D eigenvalue weighted by Gasteiger charge is 2.26. The van der Waals surface area contributed by atoms with Gasteiger partial charge in [-0.25, -0.2) is 4.98 Å². The molecule has 1 unspecified atom stereocenters. The van der Waals surface area contributed by atoms with Gasteiger partial charge in [-0.1, -0.05) is 6.07 Å². The van der Waals surface area contributed by atoms with Crippen molar-refractivity contribution in [3.8, 4) is 5.75 Å². The maximum Gasteiger partial charge on any atom is 0.311 e. The molecular formula is C18H21N3O4S2. The van der Waals surface area contributed by atoms with Crippen LogP contribution in [0.5, 0.6) is 5.75 Å². The van der Waals surface area contributed by atoms with Gasteiger partial charge in [-0.2, -0.15) is 0 Å². The molecule has 1 amide bonds. The maximum atomic E-state index is 12.5. The Hall–Kier alpha value is -2.13. The lowest BCUT2D eigenvalue weighted by molar-refractivity contribution is -0.385. The number of hydrogen-bond acceptors (Lipinski definition) is 7. The second kappa shape index (κ2) is 9.18. The molecular weight excluding hydrogens is 386 g/mol. The number of aromatic nitrogens is 1. The normalized spacial score (nSPS) is 16.9. The van der Waals surface area contributed by atoms with E-state index in [0.29, 0.717) is 17.4 Å². The number of ether oxygens (including phenoxy) is 1. The minimum absolute atomic E-state index is 0.0516. The third-order valence-corrected chi connectivity index (χ3v) is 6.44. The molecule has 1 aliphatic rings. The maximum absolute atomic E-state index is 12.5. The van der Waals surface area contributed by atoms with Gasteiger partial charge < -0.3 is 9.64 Å². The molecule has 0 bridgehead atoms. The number of nitro groups is 1. The van der Waals surface area contributed by atoms with E-state index >= 15 is 0 Å². The number of carbonyl (C=O) groups excluding carboxylic acids is 1. The molecule has 1 aliphatic heterocycles. The quantitative estimate of drug-likeness (QED) is 0.514. The van der Waals surface area contributed by atoms with Crippen LogP contribution in [-0.2, 0) is 10.5 Å². The smallest absolute Gasteiger partial charge is 0.311 e. The summed E-state index contributed by atoms with van der Waals surface area (Å²) >= 11 is 3.12. The molecule has 0 spiro atoms. The molecule has 1 atom stereocenters. The Kier molecular flexibility index (Phi) is 6.68. The van der Waals surface area contributed by atoms with Crippen LogP contribution in [0.1, 0.15) is 29.3 Å². The summed E-state index contributed by atoms with van der Waals surface area (Å²) in [6, 6.07) is 4.90. The summed E-state index contributed by atoms with van der Waals surface area (Å²) in [6.45, 7) is 1.51. The van der Waals surface area contributed by atoms with Crippen molar-refractivity contribution in [2.75, 3.05) is 26.0 Å². The summed E-state index contributed by atoms with van der Waals surface area (Å²) in [5.41, 5.74) is 0.754. The van der Waals surface area contributed by atoms with Gasteiger partial charge in [0.1, 0.15) is 0 Å². The van der Waals surface area contributed by atoms with Crippen molar-refractivity contribution >= 4 is 34.7 Å². The van der Waals surface area contributed by atoms with E-state index < -0.39 is 4.92 Å². The summed E-state index contributed by atoms with van der Waals surface area (Å²) in [4.78, 5) is 29.5. The molecule has 144 valence electrons. The van der Waals surface area contributed by atoms with Gasteiger partial charge in [0.2, 0.25) is 5.91 Å². The van der Waals surface area contributed by atoms with Gasteiger partial charge >= 0.3 is 5.69 Å². The van der Waals surface area contributed by atoms with E-state index in [-0.39, 0.29) is 17.3 Å². The van der Waals surface area contributed by atoms with Gasteiger partial charge in [-0.05, 0) is 24.5 Å². The predicted molar refractivity (Wildman–Crippen MR) is 106 cm³/mol. The fourth-order valence-corrected chi connectivity index (χ4v) is 4.80. The first-order chi connectivity index (χ1) is 13.1. The van der Waals surface area contributed by atoms with Crippen LogP contribution in [0.15, 0.2) is 29.8 Å². The third-order valence-electron chi connectivity index (χ3n) is 4.51. The minimum atomic E-state index is -0.454. The van der Waals surface area contributed by atoms with Crippen molar-refractivity contribution in [2.24, 2.45) is 0 Å². The molecule has 1 fully saturated rings. The number of rotatable bonds is 7. The number of thiazole rings is 1. The van der Waals surface area contributed by atoms with Crippen LogP contribution in [-0.4, -0.2) is 46.7 Å². The van der Waals surface area contributed by atoms with Crippen molar-refractivity contribution in [1.29, 1.82) is 0 Å². The monoisotopic (exact) mass is 407 g/mol. The van der Waals surface area contributed by atoms with E-state index in [1.807, 2.05) is 16.5 Å². The molecule has 1 aromatic heterocycles. The molecule has 0 N–H and O–H groups in total. The molecule has 0 aliphatic carbocycles. The van der Waals surface area contributed by atoms with Gasteiger partial charge in [-0.15, -0.1) is 23.1 Å². The van der Waals surface area contributed by atoms with E-state index in [4.69, 9.17) is 4.74 Å². The average Bonchev–Trinajstić information content (AvgIpc) is 3.22. The first-order valence-corrected chi connectivity index (χ1v) is 10.7. The Morgan fingerprint density at radius 1 is 1.52 bits per heavy atom. The second-order valence-corrected chi connectivity index (χ2v) is 8.22. The zero-order chi connectivity index (χ0) is 19.2. The first-order valence-electron chi connectivity index (χ1n) is 8.64. The number of piperidine rings is 1. The molecule has 27 heavy (non-hydrogen) atoms. The van der Waals surface area contributed by atoms with Crippen LogP contribution in [0.4, 0.5) is 5.69 Å². The molecule has 0 saturated carbocycles. The van der Waals surface area contributed by atoms with Crippen molar-refractivity contribution < 1.29 is 14.5 Å². The van der Waals surface area contributed by atoms with Gasteiger partial charge in [0.25, 0.3) is 0 Å². The summed E-state index contributed by atoms with van der Waals surface area (Å²) in [5, 5.41) is 14.2.